The Morgan fingerprint density at radius 2 is 1.83 bits per heavy atom. The van der Waals surface area contributed by atoms with E-state index in [0.29, 0.717) is 0 Å². The first-order valence-electron chi connectivity index (χ1n) is 6.14. The zero-order chi connectivity index (χ0) is 13.0. The summed E-state index contributed by atoms with van der Waals surface area (Å²) in [4.78, 5) is 4.21. The molecule has 1 heterocycles. The Morgan fingerprint density at radius 3 is 2.56 bits per heavy atom. The summed E-state index contributed by atoms with van der Waals surface area (Å²) >= 11 is 0. The van der Waals surface area contributed by atoms with Gasteiger partial charge in [0, 0.05) is 18.8 Å². The van der Waals surface area contributed by atoms with Crippen molar-refractivity contribution >= 4 is 5.82 Å². The van der Waals surface area contributed by atoms with Crippen molar-refractivity contribution in [3.8, 4) is 11.5 Å². The van der Waals surface area contributed by atoms with Gasteiger partial charge in [0.05, 0.1) is 0 Å². The van der Waals surface area contributed by atoms with E-state index in [4.69, 9.17) is 4.74 Å². The SMILES string of the molecule is CCNc1cc(Oc2ccc(C)c(C)c2)ccn1. The van der Waals surface area contributed by atoms with Gasteiger partial charge in [0.25, 0.3) is 0 Å². The van der Waals surface area contributed by atoms with E-state index in [9.17, 15) is 0 Å². The van der Waals surface area contributed by atoms with Crippen molar-refractivity contribution in [1.82, 2.24) is 4.98 Å². The van der Waals surface area contributed by atoms with Crippen LogP contribution in [0.2, 0.25) is 0 Å². The van der Waals surface area contributed by atoms with E-state index < -0.39 is 0 Å². The normalized spacial score (nSPS) is 10.2. The van der Waals surface area contributed by atoms with Crippen LogP contribution >= 0.6 is 0 Å². The van der Waals surface area contributed by atoms with Gasteiger partial charge in [-0.05, 0) is 50.1 Å². The number of ether oxygens (including phenoxy) is 1. The fourth-order valence-corrected chi connectivity index (χ4v) is 1.67. The van der Waals surface area contributed by atoms with Gasteiger partial charge in [0.15, 0.2) is 0 Å². The number of nitrogens with zero attached hydrogens (tertiary/aromatic N) is 1. The number of anilines is 1. The van der Waals surface area contributed by atoms with Crippen molar-refractivity contribution in [2.75, 3.05) is 11.9 Å². The Bertz CT molecular complexity index is 538. The molecule has 0 radical (unpaired) electrons. The van der Waals surface area contributed by atoms with E-state index in [1.807, 2.05) is 31.2 Å². The van der Waals surface area contributed by atoms with Crippen LogP contribution < -0.4 is 10.1 Å². The topological polar surface area (TPSA) is 34.1 Å². The first kappa shape index (κ1) is 12.4. The second kappa shape index (κ2) is 5.54. The second-order valence-electron chi connectivity index (χ2n) is 4.26. The molecule has 0 aliphatic carbocycles. The number of hydrogen-bond donors (Lipinski definition) is 1. The van der Waals surface area contributed by atoms with Crippen molar-refractivity contribution in [1.29, 1.82) is 0 Å². The molecule has 0 atom stereocenters. The van der Waals surface area contributed by atoms with E-state index in [-0.39, 0.29) is 0 Å². The van der Waals surface area contributed by atoms with Crippen LogP contribution in [0, 0.1) is 13.8 Å². The number of rotatable bonds is 4. The molecule has 94 valence electrons. The predicted molar refractivity (Wildman–Crippen MR) is 74.4 cm³/mol. The summed E-state index contributed by atoms with van der Waals surface area (Å²) in [7, 11) is 0. The molecule has 2 aromatic rings. The zero-order valence-corrected chi connectivity index (χ0v) is 11.0. The molecule has 1 N–H and O–H groups in total. The molecule has 0 unspecified atom stereocenters. The number of hydrogen-bond acceptors (Lipinski definition) is 3. The fourth-order valence-electron chi connectivity index (χ4n) is 1.67. The number of benzene rings is 1. The summed E-state index contributed by atoms with van der Waals surface area (Å²) in [6, 6.07) is 9.85. The molecular weight excluding hydrogens is 224 g/mol. The molecule has 0 saturated heterocycles. The molecular formula is C15H18N2O. The van der Waals surface area contributed by atoms with Gasteiger partial charge in [-0.2, -0.15) is 0 Å². The van der Waals surface area contributed by atoms with Crippen LogP contribution in [-0.4, -0.2) is 11.5 Å². The minimum Gasteiger partial charge on any atom is -0.457 e. The van der Waals surface area contributed by atoms with Gasteiger partial charge < -0.3 is 10.1 Å². The summed E-state index contributed by atoms with van der Waals surface area (Å²) in [5.41, 5.74) is 2.50. The van der Waals surface area contributed by atoms with Gasteiger partial charge in [-0.25, -0.2) is 4.98 Å². The lowest BCUT2D eigenvalue weighted by Gasteiger charge is -2.09. The molecule has 1 aromatic carbocycles. The van der Waals surface area contributed by atoms with Crippen LogP contribution in [0.1, 0.15) is 18.1 Å². The number of nitrogens with one attached hydrogen (secondary N) is 1. The van der Waals surface area contributed by atoms with E-state index >= 15 is 0 Å². The highest BCUT2D eigenvalue weighted by Crippen LogP contribution is 2.24. The van der Waals surface area contributed by atoms with Crippen LogP contribution in [0.3, 0.4) is 0 Å². The van der Waals surface area contributed by atoms with Crippen LogP contribution in [0.4, 0.5) is 5.82 Å². The summed E-state index contributed by atoms with van der Waals surface area (Å²) in [6.45, 7) is 7.06. The Hall–Kier alpha value is -2.03. The Labute approximate surface area is 108 Å². The minimum atomic E-state index is 0.796. The van der Waals surface area contributed by atoms with Crippen molar-refractivity contribution in [3.05, 3.63) is 47.7 Å². The number of aromatic nitrogens is 1. The van der Waals surface area contributed by atoms with Crippen molar-refractivity contribution < 1.29 is 4.74 Å². The van der Waals surface area contributed by atoms with Gasteiger partial charge in [-0.15, -0.1) is 0 Å². The van der Waals surface area contributed by atoms with E-state index in [2.05, 4.69) is 30.2 Å². The van der Waals surface area contributed by atoms with Crippen LogP contribution in [0.5, 0.6) is 11.5 Å². The average Bonchev–Trinajstić information content (AvgIpc) is 2.35. The van der Waals surface area contributed by atoms with Gasteiger partial charge >= 0.3 is 0 Å². The quantitative estimate of drug-likeness (QED) is 0.882. The Kier molecular flexibility index (Phi) is 3.82. The molecule has 0 spiro atoms. The second-order valence-corrected chi connectivity index (χ2v) is 4.26. The molecule has 0 amide bonds. The molecule has 0 saturated carbocycles. The number of pyridine rings is 1. The van der Waals surface area contributed by atoms with Crippen molar-refractivity contribution in [2.45, 2.75) is 20.8 Å². The van der Waals surface area contributed by atoms with Crippen LogP contribution in [0.15, 0.2) is 36.5 Å². The molecule has 0 aliphatic rings. The lowest BCUT2D eigenvalue weighted by atomic mass is 10.1. The first-order chi connectivity index (χ1) is 8.69. The smallest absolute Gasteiger partial charge is 0.132 e. The van der Waals surface area contributed by atoms with Gasteiger partial charge in [0.1, 0.15) is 17.3 Å². The van der Waals surface area contributed by atoms with E-state index in [1.165, 1.54) is 11.1 Å². The van der Waals surface area contributed by atoms with Crippen LogP contribution in [-0.2, 0) is 0 Å². The molecule has 0 fully saturated rings. The highest BCUT2D eigenvalue weighted by Gasteiger charge is 2.01. The monoisotopic (exact) mass is 242 g/mol. The molecule has 0 aliphatic heterocycles. The Balaban J connectivity index is 2.17. The molecule has 3 heteroatoms. The highest BCUT2D eigenvalue weighted by atomic mass is 16.5. The molecule has 3 nitrogen and oxygen atoms in total. The summed E-state index contributed by atoms with van der Waals surface area (Å²) in [6.07, 6.45) is 1.74. The average molecular weight is 242 g/mol. The largest absolute Gasteiger partial charge is 0.457 e. The molecule has 18 heavy (non-hydrogen) atoms. The van der Waals surface area contributed by atoms with Gasteiger partial charge in [-0.3, -0.25) is 0 Å². The molecule has 1 aromatic heterocycles. The third-order valence-corrected chi connectivity index (χ3v) is 2.80. The highest BCUT2D eigenvalue weighted by molar-refractivity contribution is 5.43. The standard InChI is InChI=1S/C15H18N2O/c1-4-16-15-10-14(7-8-17-15)18-13-6-5-11(2)12(3)9-13/h5-10H,4H2,1-3H3,(H,16,17). The lowest BCUT2D eigenvalue weighted by Crippen LogP contribution is -1.98. The summed E-state index contributed by atoms with van der Waals surface area (Å²) < 4.78 is 5.82. The number of aryl methyl sites for hydroxylation is 2. The summed E-state index contributed by atoms with van der Waals surface area (Å²) in [5, 5.41) is 3.16. The maximum absolute atomic E-state index is 5.82. The molecule has 0 bridgehead atoms. The van der Waals surface area contributed by atoms with E-state index in [0.717, 1.165) is 23.9 Å². The summed E-state index contributed by atoms with van der Waals surface area (Å²) in [5.74, 6) is 2.48. The third-order valence-electron chi connectivity index (χ3n) is 2.80. The maximum Gasteiger partial charge on any atom is 0.132 e. The Morgan fingerprint density at radius 1 is 1.06 bits per heavy atom. The van der Waals surface area contributed by atoms with Crippen molar-refractivity contribution in [3.63, 3.8) is 0 Å². The zero-order valence-electron chi connectivity index (χ0n) is 11.0. The maximum atomic E-state index is 5.82. The fraction of sp³-hybridized carbons (Fsp3) is 0.267. The first-order valence-corrected chi connectivity index (χ1v) is 6.14. The predicted octanol–water partition coefficient (Wildman–Crippen LogP) is 3.92. The van der Waals surface area contributed by atoms with Crippen molar-refractivity contribution in [2.24, 2.45) is 0 Å². The van der Waals surface area contributed by atoms with Gasteiger partial charge in [-0.1, -0.05) is 6.07 Å². The minimum absolute atomic E-state index is 0.796. The third kappa shape index (κ3) is 3.00. The van der Waals surface area contributed by atoms with Crippen LogP contribution in [0.25, 0.3) is 0 Å². The lowest BCUT2D eigenvalue weighted by molar-refractivity contribution is 0.481. The molecule has 2 rings (SSSR count). The van der Waals surface area contributed by atoms with Gasteiger partial charge in [0.2, 0.25) is 0 Å². The van der Waals surface area contributed by atoms with E-state index in [1.54, 1.807) is 6.20 Å².